The lowest BCUT2D eigenvalue weighted by atomic mass is 10.0. The van der Waals surface area contributed by atoms with Gasteiger partial charge in [-0.05, 0) is 89.9 Å². The van der Waals surface area contributed by atoms with Gasteiger partial charge in [0.1, 0.15) is 0 Å². The molecule has 0 aliphatic rings. The Bertz CT molecular complexity index is 1390. The lowest BCUT2D eigenvalue weighted by molar-refractivity contribution is -0.143. The number of allylic oxidation sites excluding steroid dienone is 8. The predicted molar refractivity (Wildman–Crippen MR) is 366 cm³/mol. The molecule has 0 rings (SSSR count). The van der Waals surface area contributed by atoms with Crippen LogP contribution in [0.5, 0.6) is 0 Å². The van der Waals surface area contributed by atoms with E-state index in [4.69, 9.17) is 4.74 Å². The molecule has 3 N–H and O–H groups in total. The van der Waals surface area contributed by atoms with E-state index in [-0.39, 0.29) is 18.5 Å². The van der Waals surface area contributed by atoms with Crippen LogP contribution in [0.3, 0.4) is 0 Å². The number of rotatable bonds is 70. The van der Waals surface area contributed by atoms with E-state index in [0.717, 1.165) is 57.8 Å². The van der Waals surface area contributed by atoms with Crippen molar-refractivity contribution in [3.63, 3.8) is 0 Å². The van der Waals surface area contributed by atoms with Crippen LogP contribution in [0.25, 0.3) is 0 Å². The highest BCUT2D eigenvalue weighted by molar-refractivity contribution is 5.76. The molecule has 6 heteroatoms. The smallest absolute Gasteiger partial charge is 0.305 e. The van der Waals surface area contributed by atoms with Crippen molar-refractivity contribution in [2.24, 2.45) is 0 Å². The number of carbonyl (C=O) groups excluding carboxylic acids is 2. The van der Waals surface area contributed by atoms with E-state index in [1.807, 2.05) is 0 Å². The Balaban J connectivity index is 3.41. The van der Waals surface area contributed by atoms with Crippen molar-refractivity contribution in [3.05, 3.63) is 48.6 Å². The molecule has 1 amide bonds. The molecular formula is C77H145NO5. The minimum Gasteiger partial charge on any atom is -0.466 e. The SMILES string of the molecule is CCCCCC/C=C\C/C=C\CCCCCCCC(=O)OCCCCCCCCCCC/C=C\C/C=C\CCCCCCCCCCCCCCCC(=O)NC(CO)C(O)CCCCCCCCCCCCCCCCCCCCCCC. The molecule has 6 nitrogen and oxygen atoms in total. The van der Waals surface area contributed by atoms with Gasteiger partial charge in [-0.15, -0.1) is 0 Å². The summed E-state index contributed by atoms with van der Waals surface area (Å²) in [6, 6.07) is -0.544. The Hall–Kier alpha value is -2.18. The fourth-order valence-electron chi connectivity index (χ4n) is 11.6. The van der Waals surface area contributed by atoms with Crippen molar-refractivity contribution in [2.75, 3.05) is 13.2 Å². The molecular weight excluding hydrogens is 1020 g/mol. The maximum absolute atomic E-state index is 12.6. The molecule has 0 radical (unpaired) electrons. The number of hydrogen-bond acceptors (Lipinski definition) is 5. The summed E-state index contributed by atoms with van der Waals surface area (Å²) < 4.78 is 5.49. The lowest BCUT2D eigenvalue weighted by Crippen LogP contribution is -2.45. The maximum Gasteiger partial charge on any atom is 0.305 e. The Labute approximate surface area is 518 Å². The van der Waals surface area contributed by atoms with Crippen LogP contribution < -0.4 is 5.32 Å². The molecule has 0 aromatic carbocycles. The summed E-state index contributed by atoms with van der Waals surface area (Å²) in [7, 11) is 0. The minimum absolute atomic E-state index is 0.00111. The number of amides is 1. The van der Waals surface area contributed by atoms with Gasteiger partial charge in [0.2, 0.25) is 5.91 Å². The molecule has 0 fully saturated rings. The third kappa shape index (κ3) is 68.8. The number of aliphatic hydroxyl groups excluding tert-OH is 2. The van der Waals surface area contributed by atoms with Crippen LogP contribution in [0.15, 0.2) is 48.6 Å². The van der Waals surface area contributed by atoms with Gasteiger partial charge in [0.15, 0.2) is 0 Å². The highest BCUT2D eigenvalue weighted by Gasteiger charge is 2.20. The number of hydrogen-bond donors (Lipinski definition) is 3. The van der Waals surface area contributed by atoms with E-state index in [9.17, 15) is 19.8 Å². The van der Waals surface area contributed by atoms with Crippen LogP contribution in [-0.2, 0) is 14.3 Å². The largest absolute Gasteiger partial charge is 0.466 e. The summed E-state index contributed by atoms with van der Waals surface area (Å²) in [4.78, 5) is 24.6. The summed E-state index contributed by atoms with van der Waals surface area (Å²) in [5, 5.41) is 23.4. The number of esters is 1. The van der Waals surface area contributed by atoms with Gasteiger partial charge in [0.05, 0.1) is 25.4 Å². The van der Waals surface area contributed by atoms with E-state index in [2.05, 4.69) is 67.8 Å². The van der Waals surface area contributed by atoms with Gasteiger partial charge in [-0.1, -0.05) is 351 Å². The average Bonchev–Trinajstić information content (AvgIpc) is 3.48. The van der Waals surface area contributed by atoms with Gasteiger partial charge in [-0.2, -0.15) is 0 Å². The summed E-state index contributed by atoms with van der Waals surface area (Å²) >= 11 is 0. The average molecular weight is 1170 g/mol. The summed E-state index contributed by atoms with van der Waals surface area (Å²) in [5.41, 5.74) is 0. The monoisotopic (exact) mass is 1160 g/mol. The van der Waals surface area contributed by atoms with E-state index >= 15 is 0 Å². The third-order valence-electron chi connectivity index (χ3n) is 17.4. The van der Waals surface area contributed by atoms with Gasteiger partial charge < -0.3 is 20.3 Å². The van der Waals surface area contributed by atoms with Crippen molar-refractivity contribution in [2.45, 2.75) is 418 Å². The molecule has 2 atom stereocenters. The molecule has 0 aliphatic carbocycles. The van der Waals surface area contributed by atoms with Crippen LogP contribution in [0, 0.1) is 0 Å². The van der Waals surface area contributed by atoms with Crippen LogP contribution >= 0.6 is 0 Å². The molecule has 488 valence electrons. The number of nitrogens with one attached hydrogen (secondary N) is 1. The van der Waals surface area contributed by atoms with Crippen molar-refractivity contribution >= 4 is 11.9 Å². The topological polar surface area (TPSA) is 95.9 Å². The first-order valence-electron chi connectivity index (χ1n) is 37.4. The number of carbonyl (C=O) groups is 2. The number of ether oxygens (including phenoxy) is 1. The lowest BCUT2D eigenvalue weighted by Gasteiger charge is -2.22. The van der Waals surface area contributed by atoms with E-state index in [0.29, 0.717) is 25.9 Å². The highest BCUT2D eigenvalue weighted by atomic mass is 16.5. The second-order valence-electron chi connectivity index (χ2n) is 25.6. The molecule has 2 unspecified atom stereocenters. The molecule has 0 saturated heterocycles. The standard InChI is InChI=1S/C77H145NO5/c1-3-5-7-9-11-13-15-17-19-21-22-32-35-38-41-45-49-53-57-61-65-69-75(80)74(73-79)78-76(81)70-66-62-58-54-50-46-42-39-36-33-30-28-26-24-23-25-27-29-31-34-37-40-44-48-52-56-60-64-68-72-83-77(82)71-67-63-59-55-51-47-43-20-18-16-14-12-10-8-6-4-2/h14,16,20,23,25,29,31,43,74-75,79-80H,3-13,15,17-19,21-22,24,26-28,30,32-42,44-73H2,1-2H3,(H,78,81)/b16-14-,25-23-,31-29-,43-20-. The summed E-state index contributed by atoms with van der Waals surface area (Å²) in [5.74, 6) is -0.0332. The number of unbranched alkanes of at least 4 members (excludes halogenated alkanes) is 51. The first-order valence-corrected chi connectivity index (χ1v) is 37.4. The Morgan fingerprint density at radius 3 is 0.928 bits per heavy atom. The van der Waals surface area contributed by atoms with Crippen LogP contribution in [0.4, 0.5) is 0 Å². The predicted octanol–water partition coefficient (Wildman–Crippen LogP) is 24.4. The molecule has 0 saturated carbocycles. The van der Waals surface area contributed by atoms with Crippen LogP contribution in [0.2, 0.25) is 0 Å². The molecule has 0 bridgehead atoms. The normalized spacial score (nSPS) is 12.8. The second-order valence-corrected chi connectivity index (χ2v) is 25.6. The molecule has 0 heterocycles. The zero-order valence-electron chi connectivity index (χ0n) is 55.9. The molecule has 83 heavy (non-hydrogen) atoms. The maximum atomic E-state index is 12.6. The Kier molecular flexibility index (Phi) is 70.4. The van der Waals surface area contributed by atoms with E-state index in [1.165, 1.54) is 315 Å². The zero-order chi connectivity index (χ0) is 59.9. The molecule has 0 spiro atoms. The molecule has 0 aliphatic heterocycles. The summed E-state index contributed by atoms with van der Waals surface area (Å²) in [6.07, 6.45) is 94.6. The number of aliphatic hydroxyl groups is 2. The minimum atomic E-state index is -0.667. The van der Waals surface area contributed by atoms with Gasteiger partial charge in [0.25, 0.3) is 0 Å². The summed E-state index contributed by atoms with van der Waals surface area (Å²) in [6.45, 7) is 4.96. The zero-order valence-corrected chi connectivity index (χ0v) is 55.9. The Morgan fingerprint density at radius 2 is 0.602 bits per heavy atom. The van der Waals surface area contributed by atoms with Gasteiger partial charge >= 0.3 is 5.97 Å². The second kappa shape index (κ2) is 72.3. The Morgan fingerprint density at radius 1 is 0.337 bits per heavy atom. The van der Waals surface area contributed by atoms with E-state index < -0.39 is 12.1 Å². The van der Waals surface area contributed by atoms with Gasteiger partial charge in [-0.3, -0.25) is 9.59 Å². The van der Waals surface area contributed by atoms with Crippen molar-refractivity contribution in [3.8, 4) is 0 Å². The van der Waals surface area contributed by atoms with Crippen molar-refractivity contribution < 1.29 is 24.5 Å². The van der Waals surface area contributed by atoms with Crippen LogP contribution in [-0.4, -0.2) is 47.4 Å². The highest BCUT2D eigenvalue weighted by Crippen LogP contribution is 2.19. The van der Waals surface area contributed by atoms with Gasteiger partial charge in [-0.25, -0.2) is 0 Å². The first kappa shape index (κ1) is 80.8. The van der Waals surface area contributed by atoms with Crippen molar-refractivity contribution in [1.29, 1.82) is 0 Å². The van der Waals surface area contributed by atoms with E-state index in [1.54, 1.807) is 0 Å². The third-order valence-corrected chi connectivity index (χ3v) is 17.4. The molecule has 0 aromatic rings. The van der Waals surface area contributed by atoms with Gasteiger partial charge in [0, 0.05) is 12.8 Å². The fourth-order valence-corrected chi connectivity index (χ4v) is 11.6. The van der Waals surface area contributed by atoms with Crippen molar-refractivity contribution in [1.82, 2.24) is 5.32 Å². The van der Waals surface area contributed by atoms with Crippen LogP contribution in [0.1, 0.15) is 406 Å². The molecule has 0 aromatic heterocycles. The fraction of sp³-hybridized carbons (Fsp3) is 0.870. The quantitative estimate of drug-likeness (QED) is 0.0320. The first-order chi connectivity index (χ1) is 41.0.